The molecule has 5 rings (SSSR count). The molecular formula is C24H31N7O3. The van der Waals surface area contributed by atoms with Gasteiger partial charge in [0, 0.05) is 62.1 Å². The van der Waals surface area contributed by atoms with Gasteiger partial charge in [0.1, 0.15) is 5.60 Å². The normalized spacial score (nSPS) is 17.2. The minimum atomic E-state index is -0.505. The highest BCUT2D eigenvalue weighted by molar-refractivity contribution is 5.82. The lowest BCUT2D eigenvalue weighted by molar-refractivity contribution is 0.0238. The van der Waals surface area contributed by atoms with Crippen molar-refractivity contribution in [3.63, 3.8) is 0 Å². The molecule has 10 heteroatoms. The summed E-state index contributed by atoms with van der Waals surface area (Å²) in [5.74, 6) is 0.526. The first-order valence-electron chi connectivity index (χ1n) is 11.6. The summed E-state index contributed by atoms with van der Waals surface area (Å²) in [6, 6.07) is 6.85. The topological polar surface area (TPSA) is 92.8 Å². The van der Waals surface area contributed by atoms with Crippen LogP contribution in [-0.4, -0.2) is 80.7 Å². The van der Waals surface area contributed by atoms with Crippen molar-refractivity contribution < 1.29 is 14.1 Å². The Morgan fingerprint density at radius 1 is 1.15 bits per heavy atom. The zero-order valence-corrected chi connectivity index (χ0v) is 20.2. The van der Waals surface area contributed by atoms with Crippen LogP contribution in [0, 0.1) is 0 Å². The number of allylic oxidation sites excluding steroid dienone is 1. The summed E-state index contributed by atoms with van der Waals surface area (Å²) in [6.45, 7) is 15.8. The molecule has 0 atom stereocenters. The molecule has 180 valence electrons. The number of fused-ring (bicyclic) bond motifs is 1. The standard InChI is InChI=1S/C24H31N7O3/c1-16(2)30-14-19(15-30)31-13-18-7-6-17(12-20(18)26-31)21-25-22(34-27-21)28-8-10-29(11-9-28)23(32)33-24(3,4)5/h6-7,12-13,19H,1,8-11,14-15H2,2-5H3. The molecule has 2 aliphatic heterocycles. The van der Waals surface area contributed by atoms with Crippen molar-refractivity contribution >= 4 is 23.0 Å². The van der Waals surface area contributed by atoms with Gasteiger partial charge in [-0.2, -0.15) is 10.1 Å². The number of hydrogen-bond donors (Lipinski definition) is 0. The van der Waals surface area contributed by atoms with Crippen LogP contribution >= 0.6 is 0 Å². The third kappa shape index (κ3) is 4.44. The van der Waals surface area contributed by atoms with E-state index >= 15 is 0 Å². The maximum absolute atomic E-state index is 12.3. The highest BCUT2D eigenvalue weighted by atomic mass is 16.6. The lowest BCUT2D eigenvalue weighted by Crippen LogP contribution is -2.50. The van der Waals surface area contributed by atoms with Crippen LogP contribution in [0.15, 0.2) is 41.2 Å². The maximum Gasteiger partial charge on any atom is 0.410 e. The van der Waals surface area contributed by atoms with Gasteiger partial charge in [0.05, 0.1) is 11.6 Å². The van der Waals surface area contributed by atoms with Crippen molar-refractivity contribution in [2.24, 2.45) is 0 Å². The molecule has 2 fully saturated rings. The number of hydrogen-bond acceptors (Lipinski definition) is 8. The predicted molar refractivity (Wildman–Crippen MR) is 128 cm³/mol. The van der Waals surface area contributed by atoms with E-state index in [2.05, 4.69) is 27.8 Å². The molecule has 1 amide bonds. The fraction of sp³-hybridized carbons (Fsp3) is 0.500. The maximum atomic E-state index is 12.3. The van der Waals surface area contributed by atoms with Crippen molar-refractivity contribution in [1.29, 1.82) is 0 Å². The van der Waals surface area contributed by atoms with Gasteiger partial charge >= 0.3 is 12.1 Å². The summed E-state index contributed by atoms with van der Waals surface area (Å²) in [5, 5.41) is 10.0. The van der Waals surface area contributed by atoms with Crippen molar-refractivity contribution in [3.8, 4) is 11.4 Å². The van der Waals surface area contributed by atoms with Crippen molar-refractivity contribution in [3.05, 3.63) is 36.7 Å². The van der Waals surface area contributed by atoms with E-state index in [1.165, 1.54) is 0 Å². The number of carbonyl (C=O) groups excluding carboxylic acids is 1. The molecule has 0 spiro atoms. The number of rotatable bonds is 4. The molecule has 0 saturated carbocycles. The fourth-order valence-electron chi connectivity index (χ4n) is 4.16. The monoisotopic (exact) mass is 465 g/mol. The highest BCUT2D eigenvalue weighted by Gasteiger charge is 2.29. The average Bonchev–Trinajstić information content (AvgIpc) is 3.38. The molecule has 34 heavy (non-hydrogen) atoms. The quantitative estimate of drug-likeness (QED) is 0.578. The summed E-state index contributed by atoms with van der Waals surface area (Å²) in [7, 11) is 0. The molecule has 2 aromatic heterocycles. The lowest BCUT2D eigenvalue weighted by atomic mass is 10.1. The molecule has 0 N–H and O–H groups in total. The first-order chi connectivity index (χ1) is 16.2. The summed E-state index contributed by atoms with van der Waals surface area (Å²) < 4.78 is 13.0. The second-order valence-corrected chi connectivity index (χ2v) is 10.0. The number of ether oxygens (including phenoxy) is 1. The molecule has 0 aliphatic carbocycles. The van der Waals surface area contributed by atoms with Gasteiger partial charge in [-0.1, -0.05) is 23.9 Å². The molecule has 3 aromatic rings. The smallest absolute Gasteiger partial charge is 0.410 e. The average molecular weight is 466 g/mol. The number of aromatic nitrogens is 4. The van der Waals surface area contributed by atoms with E-state index in [9.17, 15) is 4.79 Å². The summed E-state index contributed by atoms with van der Waals surface area (Å²) >= 11 is 0. The Labute approximate surface area is 198 Å². The van der Waals surface area contributed by atoms with E-state index in [-0.39, 0.29) is 6.09 Å². The Morgan fingerprint density at radius 2 is 1.88 bits per heavy atom. The lowest BCUT2D eigenvalue weighted by Gasteiger charge is -2.41. The number of piperazine rings is 1. The second kappa shape index (κ2) is 8.34. The number of carbonyl (C=O) groups is 1. The minimum Gasteiger partial charge on any atom is -0.444 e. The van der Waals surface area contributed by atoms with Gasteiger partial charge < -0.3 is 24.0 Å². The summed E-state index contributed by atoms with van der Waals surface area (Å²) in [4.78, 5) is 22.8. The van der Waals surface area contributed by atoms with Crippen LogP contribution in [-0.2, 0) is 4.74 Å². The van der Waals surface area contributed by atoms with E-state index in [0.29, 0.717) is 44.1 Å². The van der Waals surface area contributed by atoms with E-state index in [1.807, 2.05) is 55.5 Å². The molecule has 4 heterocycles. The Balaban J connectivity index is 1.24. The zero-order chi connectivity index (χ0) is 24.0. The van der Waals surface area contributed by atoms with Crippen LogP contribution in [0.3, 0.4) is 0 Å². The van der Waals surface area contributed by atoms with E-state index < -0.39 is 5.60 Å². The van der Waals surface area contributed by atoms with Gasteiger partial charge in [-0.15, -0.1) is 0 Å². The van der Waals surface area contributed by atoms with Gasteiger partial charge in [-0.05, 0) is 33.8 Å². The SMILES string of the molecule is C=C(C)N1CC(n2cc3ccc(-c4noc(N5CCN(C(=O)OC(C)(C)C)CC5)n4)cc3n2)C1. The van der Waals surface area contributed by atoms with E-state index in [4.69, 9.17) is 14.4 Å². The summed E-state index contributed by atoms with van der Waals surface area (Å²) in [6.07, 6.45) is 1.80. The number of amides is 1. The number of likely N-dealkylation sites (tertiary alicyclic amines) is 1. The van der Waals surface area contributed by atoms with Crippen LogP contribution in [0.2, 0.25) is 0 Å². The number of benzene rings is 1. The second-order valence-electron chi connectivity index (χ2n) is 10.0. The van der Waals surface area contributed by atoms with Crippen molar-refractivity contribution in [2.75, 3.05) is 44.2 Å². The van der Waals surface area contributed by atoms with Crippen molar-refractivity contribution in [1.82, 2.24) is 29.7 Å². The predicted octanol–water partition coefficient (Wildman–Crippen LogP) is 3.53. The third-order valence-corrected chi connectivity index (χ3v) is 6.18. The molecule has 0 bridgehead atoms. The number of anilines is 1. The Hall–Kier alpha value is -3.56. The molecule has 2 saturated heterocycles. The Kier molecular flexibility index (Phi) is 5.45. The van der Waals surface area contributed by atoms with Gasteiger partial charge in [0.15, 0.2) is 0 Å². The minimum absolute atomic E-state index is 0.291. The largest absolute Gasteiger partial charge is 0.444 e. The van der Waals surface area contributed by atoms with E-state index in [1.54, 1.807) is 4.90 Å². The van der Waals surface area contributed by atoms with Gasteiger partial charge in [0.25, 0.3) is 0 Å². The third-order valence-electron chi connectivity index (χ3n) is 6.18. The molecule has 0 radical (unpaired) electrons. The fourth-order valence-corrected chi connectivity index (χ4v) is 4.16. The molecule has 2 aliphatic rings. The van der Waals surface area contributed by atoms with Crippen LogP contribution < -0.4 is 4.90 Å². The van der Waals surface area contributed by atoms with Gasteiger partial charge in [-0.25, -0.2) is 4.79 Å². The van der Waals surface area contributed by atoms with Crippen molar-refractivity contribution in [2.45, 2.75) is 39.3 Å². The molecule has 10 nitrogen and oxygen atoms in total. The van der Waals surface area contributed by atoms with Crippen LogP contribution in [0.1, 0.15) is 33.7 Å². The molecule has 0 unspecified atom stereocenters. The first kappa shape index (κ1) is 22.2. The Bertz CT molecular complexity index is 1210. The van der Waals surface area contributed by atoms with E-state index in [0.717, 1.165) is 35.3 Å². The van der Waals surface area contributed by atoms with Crippen LogP contribution in [0.25, 0.3) is 22.3 Å². The molecular weight excluding hydrogens is 434 g/mol. The molecule has 1 aromatic carbocycles. The van der Waals surface area contributed by atoms with Gasteiger partial charge in [0.2, 0.25) is 5.82 Å². The highest BCUT2D eigenvalue weighted by Crippen LogP contribution is 2.28. The van der Waals surface area contributed by atoms with Gasteiger partial charge in [-0.3, -0.25) is 4.68 Å². The van der Waals surface area contributed by atoms with Crippen LogP contribution in [0.4, 0.5) is 10.8 Å². The first-order valence-corrected chi connectivity index (χ1v) is 11.6. The zero-order valence-electron chi connectivity index (χ0n) is 20.2. The summed E-state index contributed by atoms with van der Waals surface area (Å²) in [5.41, 5.74) is 2.35. The number of nitrogens with zero attached hydrogens (tertiary/aromatic N) is 7. The Morgan fingerprint density at radius 3 is 2.56 bits per heavy atom. The van der Waals surface area contributed by atoms with Crippen LogP contribution in [0.5, 0.6) is 0 Å².